The van der Waals surface area contributed by atoms with Crippen LogP contribution in [0.15, 0.2) is 36.5 Å². The van der Waals surface area contributed by atoms with Crippen LogP contribution in [0.3, 0.4) is 0 Å². The van der Waals surface area contributed by atoms with Gasteiger partial charge in [0.1, 0.15) is 13.2 Å². The van der Waals surface area contributed by atoms with Crippen molar-refractivity contribution in [2.45, 2.75) is 271 Å². The zero-order valence-electron chi connectivity index (χ0n) is 39.3. The number of carbonyl (C=O) groups is 3. The number of esters is 3. The lowest BCUT2D eigenvalue weighted by Crippen LogP contribution is -2.30. The molecule has 0 aromatic carbocycles. The van der Waals surface area contributed by atoms with E-state index in [0.717, 1.165) is 83.5 Å². The first kappa shape index (κ1) is 56.6. The van der Waals surface area contributed by atoms with Crippen LogP contribution in [0.1, 0.15) is 265 Å². The summed E-state index contributed by atoms with van der Waals surface area (Å²) in [6.45, 7) is 6.53. The number of hydrogen-bond acceptors (Lipinski definition) is 6. The monoisotopic (exact) mass is 829 g/mol. The molecule has 0 aliphatic carbocycles. The molecule has 0 bridgehead atoms. The minimum absolute atomic E-state index is 0.0723. The van der Waals surface area contributed by atoms with Gasteiger partial charge < -0.3 is 14.2 Å². The molecule has 344 valence electrons. The van der Waals surface area contributed by atoms with E-state index in [2.05, 4.69) is 57.2 Å². The Morgan fingerprint density at radius 1 is 0.356 bits per heavy atom. The summed E-state index contributed by atoms with van der Waals surface area (Å²) in [5.41, 5.74) is 0. The van der Waals surface area contributed by atoms with Crippen LogP contribution in [0.25, 0.3) is 0 Å². The number of hydrogen-bond donors (Lipinski definition) is 0. The molecule has 0 rings (SSSR count). The molecule has 0 aromatic heterocycles. The number of allylic oxidation sites excluding steroid dienone is 6. The molecule has 1 atom stereocenters. The van der Waals surface area contributed by atoms with Crippen LogP contribution in [0.5, 0.6) is 0 Å². The summed E-state index contributed by atoms with van der Waals surface area (Å²) in [5.74, 6) is -0.875. The van der Waals surface area contributed by atoms with Crippen LogP contribution < -0.4 is 0 Å². The number of rotatable bonds is 46. The average molecular weight is 829 g/mol. The van der Waals surface area contributed by atoms with E-state index in [4.69, 9.17) is 14.2 Å². The third-order valence-corrected chi connectivity index (χ3v) is 11.2. The molecule has 0 saturated heterocycles. The SMILES string of the molecule is CC/C=C\C/C=C\C/C=C\CCCCCCCCC(=O)OCC(COC(=O)CCCCCCCCCCCCC)OC(=O)CCCCCCCCCCCCCCCC. The van der Waals surface area contributed by atoms with E-state index in [0.29, 0.717) is 19.3 Å². The average Bonchev–Trinajstić information content (AvgIpc) is 3.23. The summed E-state index contributed by atoms with van der Waals surface area (Å²) in [5, 5.41) is 0. The van der Waals surface area contributed by atoms with Crippen molar-refractivity contribution in [3.63, 3.8) is 0 Å². The zero-order valence-corrected chi connectivity index (χ0v) is 39.3. The minimum atomic E-state index is -0.771. The third-order valence-electron chi connectivity index (χ3n) is 11.2. The van der Waals surface area contributed by atoms with E-state index in [1.54, 1.807) is 0 Å². The first-order valence-electron chi connectivity index (χ1n) is 25.5. The highest BCUT2D eigenvalue weighted by atomic mass is 16.6. The fraction of sp³-hybridized carbons (Fsp3) is 0.830. The summed E-state index contributed by atoms with van der Waals surface area (Å²) >= 11 is 0. The Morgan fingerprint density at radius 2 is 0.661 bits per heavy atom. The molecule has 0 N–H and O–H groups in total. The van der Waals surface area contributed by atoms with Gasteiger partial charge in [-0.2, -0.15) is 0 Å². The first-order valence-corrected chi connectivity index (χ1v) is 25.5. The molecule has 0 radical (unpaired) electrons. The Labute approximate surface area is 365 Å². The van der Waals surface area contributed by atoms with Crippen molar-refractivity contribution < 1.29 is 28.6 Å². The minimum Gasteiger partial charge on any atom is -0.462 e. The van der Waals surface area contributed by atoms with E-state index in [1.807, 2.05) is 0 Å². The van der Waals surface area contributed by atoms with Crippen molar-refractivity contribution in [2.75, 3.05) is 13.2 Å². The van der Waals surface area contributed by atoms with E-state index >= 15 is 0 Å². The lowest BCUT2D eigenvalue weighted by Gasteiger charge is -2.18. The van der Waals surface area contributed by atoms with E-state index < -0.39 is 6.10 Å². The molecule has 1 unspecified atom stereocenters. The molecule has 0 fully saturated rings. The Balaban J connectivity index is 4.35. The van der Waals surface area contributed by atoms with Crippen molar-refractivity contribution in [3.05, 3.63) is 36.5 Å². The van der Waals surface area contributed by atoms with Gasteiger partial charge in [0, 0.05) is 19.3 Å². The van der Waals surface area contributed by atoms with Crippen LogP contribution in [0.2, 0.25) is 0 Å². The van der Waals surface area contributed by atoms with Crippen molar-refractivity contribution in [1.82, 2.24) is 0 Å². The predicted molar refractivity (Wildman–Crippen MR) is 252 cm³/mol. The number of ether oxygens (including phenoxy) is 3. The molecule has 0 aromatic rings. The van der Waals surface area contributed by atoms with Crippen LogP contribution in [0, 0.1) is 0 Å². The zero-order chi connectivity index (χ0) is 43.0. The maximum absolute atomic E-state index is 12.8. The molecule has 0 heterocycles. The second kappa shape index (κ2) is 48.3. The van der Waals surface area contributed by atoms with E-state index in [-0.39, 0.29) is 31.1 Å². The summed E-state index contributed by atoms with van der Waals surface area (Å²) in [6.07, 6.45) is 55.5. The summed E-state index contributed by atoms with van der Waals surface area (Å²) in [6, 6.07) is 0. The highest BCUT2D eigenvalue weighted by Gasteiger charge is 2.19. The standard InChI is InChI=1S/C53H96O6/c1-4-7-10-13-16-19-22-24-26-27-29-31-34-37-40-43-46-52(55)58-49-50(48-57-51(54)45-42-39-36-33-30-21-18-15-12-9-6-3)59-53(56)47-44-41-38-35-32-28-25-23-20-17-14-11-8-5-2/h7,10,16,19,24,26,50H,4-6,8-9,11-15,17-18,20-23,25,27-49H2,1-3H3/b10-7-,19-16-,26-24-. The Bertz CT molecular complexity index is 1000. The van der Waals surface area contributed by atoms with Crippen LogP contribution in [-0.2, 0) is 28.6 Å². The molecule has 6 nitrogen and oxygen atoms in total. The van der Waals surface area contributed by atoms with Crippen LogP contribution in [-0.4, -0.2) is 37.2 Å². The number of unbranched alkanes of at least 4 members (excludes halogenated alkanes) is 29. The molecule has 6 heteroatoms. The van der Waals surface area contributed by atoms with Crippen molar-refractivity contribution in [1.29, 1.82) is 0 Å². The highest BCUT2D eigenvalue weighted by Crippen LogP contribution is 2.16. The maximum Gasteiger partial charge on any atom is 0.306 e. The summed E-state index contributed by atoms with van der Waals surface area (Å²) in [7, 11) is 0. The second-order valence-corrected chi connectivity index (χ2v) is 17.1. The molecule has 59 heavy (non-hydrogen) atoms. The van der Waals surface area contributed by atoms with E-state index in [1.165, 1.54) is 141 Å². The second-order valence-electron chi connectivity index (χ2n) is 17.1. The van der Waals surface area contributed by atoms with Gasteiger partial charge in [0.05, 0.1) is 0 Å². The van der Waals surface area contributed by atoms with Gasteiger partial charge in [-0.3, -0.25) is 14.4 Å². The van der Waals surface area contributed by atoms with Gasteiger partial charge in [0.2, 0.25) is 0 Å². The highest BCUT2D eigenvalue weighted by molar-refractivity contribution is 5.71. The quantitative estimate of drug-likeness (QED) is 0.0263. The molecule has 0 aliphatic rings. The molecular weight excluding hydrogens is 733 g/mol. The molecule has 0 spiro atoms. The van der Waals surface area contributed by atoms with Crippen LogP contribution in [0.4, 0.5) is 0 Å². The van der Waals surface area contributed by atoms with Gasteiger partial charge in [-0.1, -0.05) is 231 Å². The fourth-order valence-electron chi connectivity index (χ4n) is 7.34. The van der Waals surface area contributed by atoms with Gasteiger partial charge in [-0.05, 0) is 51.4 Å². The molecule has 0 saturated carbocycles. The Kier molecular flexibility index (Phi) is 46.4. The predicted octanol–water partition coefficient (Wildman–Crippen LogP) is 16.5. The molecule has 0 amide bonds. The van der Waals surface area contributed by atoms with Gasteiger partial charge in [0.25, 0.3) is 0 Å². The lowest BCUT2D eigenvalue weighted by atomic mass is 10.0. The normalized spacial score (nSPS) is 12.3. The van der Waals surface area contributed by atoms with Crippen molar-refractivity contribution >= 4 is 17.9 Å². The number of carbonyl (C=O) groups excluding carboxylic acids is 3. The summed E-state index contributed by atoms with van der Waals surface area (Å²) in [4.78, 5) is 37.9. The molecular formula is C53H96O6. The summed E-state index contributed by atoms with van der Waals surface area (Å²) < 4.78 is 16.8. The topological polar surface area (TPSA) is 78.9 Å². The van der Waals surface area contributed by atoms with Crippen molar-refractivity contribution in [3.8, 4) is 0 Å². The van der Waals surface area contributed by atoms with Crippen molar-refractivity contribution in [2.24, 2.45) is 0 Å². The maximum atomic E-state index is 12.8. The van der Waals surface area contributed by atoms with Gasteiger partial charge in [-0.25, -0.2) is 0 Å². The van der Waals surface area contributed by atoms with Crippen LogP contribution >= 0.6 is 0 Å². The van der Waals surface area contributed by atoms with E-state index in [9.17, 15) is 14.4 Å². The smallest absolute Gasteiger partial charge is 0.306 e. The third kappa shape index (κ3) is 46.5. The van der Waals surface area contributed by atoms with Gasteiger partial charge in [0.15, 0.2) is 6.10 Å². The largest absolute Gasteiger partial charge is 0.462 e. The fourth-order valence-corrected chi connectivity index (χ4v) is 7.34. The lowest BCUT2D eigenvalue weighted by molar-refractivity contribution is -0.167. The van der Waals surface area contributed by atoms with Gasteiger partial charge in [-0.15, -0.1) is 0 Å². The first-order chi connectivity index (χ1) is 29.0. The Morgan fingerprint density at radius 3 is 1.03 bits per heavy atom. The molecule has 0 aliphatic heterocycles. The van der Waals surface area contributed by atoms with Gasteiger partial charge >= 0.3 is 17.9 Å². The Hall–Kier alpha value is -2.37.